The lowest BCUT2D eigenvalue weighted by atomic mass is 10.0. The van der Waals surface area contributed by atoms with E-state index in [1.165, 1.54) is 0 Å². The maximum Gasteiger partial charge on any atom is 0.231 e. The summed E-state index contributed by atoms with van der Waals surface area (Å²) in [6.45, 7) is 5.31. The SMILES string of the molecule is COc1cccc(CN(C[C@H]2CC(c3ccc4c(c3)OCO4)=NO2)C(=O)CC(C)C)c1. The molecule has 0 saturated heterocycles. The summed E-state index contributed by atoms with van der Waals surface area (Å²) in [7, 11) is 1.64. The molecule has 0 radical (unpaired) electrons. The van der Waals surface area contributed by atoms with Crippen LogP contribution in [0.25, 0.3) is 0 Å². The molecule has 0 N–H and O–H groups in total. The topological polar surface area (TPSA) is 69.6 Å². The number of rotatable bonds is 8. The van der Waals surface area contributed by atoms with Crippen molar-refractivity contribution in [2.75, 3.05) is 20.4 Å². The van der Waals surface area contributed by atoms with Crippen LogP contribution < -0.4 is 14.2 Å². The lowest BCUT2D eigenvalue weighted by molar-refractivity contribution is -0.134. The number of oxime groups is 1. The van der Waals surface area contributed by atoms with E-state index in [4.69, 9.17) is 19.0 Å². The molecule has 7 nitrogen and oxygen atoms in total. The maximum absolute atomic E-state index is 13.0. The van der Waals surface area contributed by atoms with Crippen molar-refractivity contribution in [1.82, 2.24) is 4.90 Å². The first-order valence-corrected chi connectivity index (χ1v) is 10.5. The fraction of sp³-hybridized carbons (Fsp3) is 0.417. The first kappa shape index (κ1) is 21.0. The van der Waals surface area contributed by atoms with Gasteiger partial charge in [-0.05, 0) is 41.8 Å². The second-order valence-corrected chi connectivity index (χ2v) is 8.26. The molecule has 0 fully saturated rings. The number of hydrogen-bond acceptors (Lipinski definition) is 6. The first-order chi connectivity index (χ1) is 15.0. The minimum atomic E-state index is -0.192. The fourth-order valence-electron chi connectivity index (χ4n) is 3.74. The lowest BCUT2D eigenvalue weighted by Gasteiger charge is -2.26. The summed E-state index contributed by atoms with van der Waals surface area (Å²) in [5.41, 5.74) is 2.81. The van der Waals surface area contributed by atoms with Gasteiger partial charge in [0.25, 0.3) is 0 Å². The van der Waals surface area contributed by atoms with Gasteiger partial charge in [0.15, 0.2) is 17.6 Å². The Morgan fingerprint density at radius 3 is 2.84 bits per heavy atom. The molecule has 2 heterocycles. The van der Waals surface area contributed by atoms with E-state index in [1.54, 1.807) is 7.11 Å². The Labute approximate surface area is 182 Å². The number of amides is 1. The number of hydrogen-bond donors (Lipinski definition) is 0. The van der Waals surface area contributed by atoms with E-state index in [0.29, 0.717) is 25.9 Å². The van der Waals surface area contributed by atoms with Crippen molar-refractivity contribution in [3.8, 4) is 17.2 Å². The van der Waals surface area contributed by atoms with E-state index in [2.05, 4.69) is 19.0 Å². The van der Waals surface area contributed by atoms with Crippen LogP contribution in [0.1, 0.15) is 37.8 Å². The van der Waals surface area contributed by atoms with E-state index in [-0.39, 0.29) is 24.7 Å². The lowest BCUT2D eigenvalue weighted by Crippen LogP contribution is -2.37. The van der Waals surface area contributed by atoms with Crippen molar-refractivity contribution in [2.45, 2.75) is 39.3 Å². The van der Waals surface area contributed by atoms with Crippen LogP contribution in [0.3, 0.4) is 0 Å². The quantitative estimate of drug-likeness (QED) is 0.641. The average Bonchev–Trinajstić information content (AvgIpc) is 3.41. The number of benzene rings is 2. The third-order valence-electron chi connectivity index (χ3n) is 5.31. The summed E-state index contributed by atoms with van der Waals surface area (Å²) in [5.74, 6) is 2.63. The normalized spacial score (nSPS) is 16.8. The molecule has 2 aromatic carbocycles. The third kappa shape index (κ3) is 5.10. The second-order valence-electron chi connectivity index (χ2n) is 8.26. The third-order valence-corrected chi connectivity index (χ3v) is 5.31. The molecular formula is C24H28N2O5. The predicted molar refractivity (Wildman–Crippen MR) is 116 cm³/mol. The summed E-state index contributed by atoms with van der Waals surface area (Å²) in [5, 5.41) is 4.28. The summed E-state index contributed by atoms with van der Waals surface area (Å²) in [6, 6.07) is 13.6. The van der Waals surface area contributed by atoms with Crippen molar-refractivity contribution < 1.29 is 23.8 Å². The smallest absolute Gasteiger partial charge is 0.231 e. The summed E-state index contributed by atoms with van der Waals surface area (Å²) in [4.78, 5) is 20.5. The summed E-state index contributed by atoms with van der Waals surface area (Å²) in [6.07, 6.45) is 0.928. The highest BCUT2D eigenvalue weighted by atomic mass is 16.7. The Bertz CT molecular complexity index is 972. The van der Waals surface area contributed by atoms with Crippen LogP contribution in [0, 0.1) is 5.92 Å². The van der Waals surface area contributed by atoms with Gasteiger partial charge >= 0.3 is 0 Å². The first-order valence-electron chi connectivity index (χ1n) is 10.5. The number of carbonyl (C=O) groups excluding carboxylic acids is 1. The number of methoxy groups -OCH3 is 1. The summed E-state index contributed by atoms with van der Waals surface area (Å²) < 4.78 is 16.2. The largest absolute Gasteiger partial charge is 0.497 e. The molecule has 0 saturated carbocycles. The number of ether oxygens (including phenoxy) is 3. The van der Waals surface area contributed by atoms with Gasteiger partial charge in [-0.15, -0.1) is 0 Å². The minimum absolute atomic E-state index is 0.109. The highest BCUT2D eigenvalue weighted by molar-refractivity contribution is 6.01. The van der Waals surface area contributed by atoms with Gasteiger partial charge in [0, 0.05) is 24.9 Å². The standard InChI is InChI=1S/C24H28N2O5/c1-16(2)9-24(27)26(13-17-5-4-6-19(10-17)28-3)14-20-12-21(25-31-20)18-7-8-22-23(11-18)30-15-29-22/h4-8,10-11,16,20H,9,12-15H2,1-3H3/t20-/m1/s1. The number of nitrogens with zero attached hydrogens (tertiary/aromatic N) is 2. The van der Waals surface area contributed by atoms with E-state index >= 15 is 0 Å². The Kier molecular flexibility index (Phi) is 6.30. The second kappa shape index (κ2) is 9.29. The molecule has 1 amide bonds. The minimum Gasteiger partial charge on any atom is -0.497 e. The molecule has 0 unspecified atom stereocenters. The van der Waals surface area contributed by atoms with Crippen LogP contribution in [0.4, 0.5) is 0 Å². The summed E-state index contributed by atoms with van der Waals surface area (Å²) >= 11 is 0. The van der Waals surface area contributed by atoms with Gasteiger partial charge in [-0.25, -0.2) is 0 Å². The molecule has 0 bridgehead atoms. The Hall–Kier alpha value is -3.22. The van der Waals surface area contributed by atoms with Crippen molar-refractivity contribution in [3.05, 3.63) is 53.6 Å². The van der Waals surface area contributed by atoms with E-state index in [0.717, 1.165) is 34.1 Å². The van der Waals surface area contributed by atoms with Crippen LogP contribution in [-0.2, 0) is 16.2 Å². The monoisotopic (exact) mass is 424 g/mol. The van der Waals surface area contributed by atoms with Gasteiger partial charge in [0.2, 0.25) is 12.7 Å². The predicted octanol–water partition coefficient (Wildman–Crippen LogP) is 3.99. The van der Waals surface area contributed by atoms with Crippen molar-refractivity contribution >= 4 is 11.6 Å². The molecule has 7 heteroatoms. The number of carbonyl (C=O) groups is 1. The van der Waals surface area contributed by atoms with Gasteiger partial charge in [0.05, 0.1) is 19.4 Å². The van der Waals surface area contributed by atoms with Crippen LogP contribution in [-0.4, -0.2) is 43.1 Å². The molecule has 0 aromatic heterocycles. The van der Waals surface area contributed by atoms with Crippen molar-refractivity contribution in [3.63, 3.8) is 0 Å². The molecular weight excluding hydrogens is 396 g/mol. The van der Waals surface area contributed by atoms with Gasteiger partial charge in [-0.1, -0.05) is 31.1 Å². The van der Waals surface area contributed by atoms with Gasteiger partial charge in [-0.3, -0.25) is 4.79 Å². The Balaban J connectivity index is 1.43. The molecule has 0 aliphatic carbocycles. The highest BCUT2D eigenvalue weighted by Crippen LogP contribution is 2.33. The van der Waals surface area contributed by atoms with Crippen molar-refractivity contribution in [2.24, 2.45) is 11.1 Å². The molecule has 31 heavy (non-hydrogen) atoms. The molecule has 164 valence electrons. The zero-order valence-electron chi connectivity index (χ0n) is 18.2. The van der Waals surface area contributed by atoms with Gasteiger partial charge in [0.1, 0.15) is 5.75 Å². The molecule has 4 rings (SSSR count). The van der Waals surface area contributed by atoms with E-state index in [1.807, 2.05) is 47.4 Å². The van der Waals surface area contributed by atoms with Crippen LogP contribution in [0.2, 0.25) is 0 Å². The Morgan fingerprint density at radius 1 is 1.19 bits per heavy atom. The van der Waals surface area contributed by atoms with Crippen LogP contribution in [0.5, 0.6) is 17.2 Å². The van der Waals surface area contributed by atoms with Crippen molar-refractivity contribution in [1.29, 1.82) is 0 Å². The molecule has 2 aliphatic heterocycles. The molecule has 2 aromatic rings. The van der Waals surface area contributed by atoms with Crippen LogP contribution >= 0.6 is 0 Å². The van der Waals surface area contributed by atoms with Gasteiger partial charge < -0.3 is 23.9 Å². The molecule has 2 aliphatic rings. The van der Waals surface area contributed by atoms with E-state index < -0.39 is 0 Å². The van der Waals surface area contributed by atoms with Gasteiger partial charge in [-0.2, -0.15) is 0 Å². The Morgan fingerprint density at radius 2 is 2.03 bits per heavy atom. The molecule has 0 spiro atoms. The highest BCUT2D eigenvalue weighted by Gasteiger charge is 2.28. The zero-order chi connectivity index (χ0) is 21.8. The van der Waals surface area contributed by atoms with Crippen LogP contribution in [0.15, 0.2) is 47.6 Å². The molecule has 1 atom stereocenters. The number of fused-ring (bicyclic) bond motifs is 1. The zero-order valence-corrected chi connectivity index (χ0v) is 18.2. The fourth-order valence-corrected chi connectivity index (χ4v) is 3.74. The average molecular weight is 424 g/mol. The van der Waals surface area contributed by atoms with E-state index in [9.17, 15) is 4.79 Å². The maximum atomic E-state index is 13.0.